The van der Waals surface area contributed by atoms with Gasteiger partial charge in [-0.15, -0.1) is 0 Å². The zero-order chi connectivity index (χ0) is 7.78. The molecule has 1 nitrogen and oxygen atoms in total. The summed E-state index contributed by atoms with van der Waals surface area (Å²) in [6.45, 7) is 6.81. The maximum Gasteiger partial charge on any atom is 0.0470 e. The van der Waals surface area contributed by atoms with Crippen LogP contribution in [0, 0.1) is 11.3 Å². The van der Waals surface area contributed by atoms with Gasteiger partial charge in [0.25, 0.3) is 0 Å². The molecule has 58 valence electrons. The highest BCUT2D eigenvalue weighted by atomic mass is 16.3. The minimum absolute atomic E-state index is 0.267. The van der Waals surface area contributed by atoms with Gasteiger partial charge in [-0.2, -0.15) is 0 Å². The van der Waals surface area contributed by atoms with Crippen molar-refractivity contribution in [1.82, 2.24) is 0 Å². The fourth-order valence-electron chi connectivity index (χ4n) is 1.70. The fourth-order valence-corrected chi connectivity index (χ4v) is 1.70. The van der Waals surface area contributed by atoms with Crippen LogP contribution < -0.4 is 0 Å². The number of aliphatic hydroxyl groups is 1. The third kappa shape index (κ3) is 0.891. The Morgan fingerprint density at radius 2 is 2.30 bits per heavy atom. The summed E-state index contributed by atoms with van der Waals surface area (Å²) in [5.41, 5.74) is 1.76. The summed E-state index contributed by atoms with van der Waals surface area (Å²) in [5.74, 6) is 0.499. The van der Waals surface area contributed by atoms with Gasteiger partial charge in [-0.05, 0) is 24.7 Å². The van der Waals surface area contributed by atoms with E-state index >= 15 is 0 Å². The summed E-state index contributed by atoms with van der Waals surface area (Å²) in [6.07, 6.45) is 3.27. The molecule has 0 saturated heterocycles. The molecule has 1 rings (SSSR count). The molecule has 0 radical (unpaired) electrons. The van der Waals surface area contributed by atoms with Gasteiger partial charge in [0, 0.05) is 6.61 Å². The molecule has 0 heterocycles. The van der Waals surface area contributed by atoms with E-state index in [1.807, 2.05) is 0 Å². The molecule has 0 aliphatic heterocycles. The first kappa shape index (κ1) is 7.80. The van der Waals surface area contributed by atoms with Crippen molar-refractivity contribution in [1.29, 1.82) is 0 Å². The number of aliphatic hydroxyl groups excluding tert-OH is 1. The summed E-state index contributed by atoms with van der Waals surface area (Å²) >= 11 is 0. The topological polar surface area (TPSA) is 20.2 Å². The Morgan fingerprint density at radius 1 is 1.70 bits per heavy atom. The Hall–Kier alpha value is -0.300. The Morgan fingerprint density at radius 3 is 2.60 bits per heavy atom. The molecule has 0 aromatic carbocycles. The first-order valence-corrected chi connectivity index (χ1v) is 3.89. The van der Waals surface area contributed by atoms with Gasteiger partial charge < -0.3 is 5.11 Å². The zero-order valence-electron chi connectivity index (χ0n) is 7.02. The minimum Gasteiger partial charge on any atom is -0.396 e. The van der Waals surface area contributed by atoms with Gasteiger partial charge in [0.05, 0.1) is 0 Å². The third-order valence-corrected chi connectivity index (χ3v) is 2.88. The van der Waals surface area contributed by atoms with Crippen molar-refractivity contribution in [2.75, 3.05) is 6.61 Å². The molecule has 0 bridgehead atoms. The minimum atomic E-state index is 0.267. The molecular formula is C9H16O. The second-order valence-corrected chi connectivity index (χ2v) is 3.62. The number of allylic oxidation sites excluding steroid dienone is 2. The molecule has 1 atom stereocenters. The first-order chi connectivity index (χ1) is 4.62. The third-order valence-electron chi connectivity index (χ3n) is 2.88. The molecule has 1 aliphatic carbocycles. The van der Waals surface area contributed by atoms with E-state index in [9.17, 15) is 0 Å². The van der Waals surface area contributed by atoms with E-state index < -0.39 is 0 Å². The van der Waals surface area contributed by atoms with Crippen LogP contribution in [0.4, 0.5) is 0 Å². The lowest BCUT2D eigenvalue weighted by molar-refractivity contribution is 0.0846. The Labute approximate surface area is 62.8 Å². The quantitative estimate of drug-likeness (QED) is 0.552. The van der Waals surface area contributed by atoms with Crippen LogP contribution in [-0.2, 0) is 0 Å². The summed E-state index contributed by atoms with van der Waals surface area (Å²) in [6, 6.07) is 0. The van der Waals surface area contributed by atoms with E-state index in [1.165, 1.54) is 5.57 Å². The van der Waals surface area contributed by atoms with Gasteiger partial charge in [0.2, 0.25) is 0 Å². The maximum atomic E-state index is 8.91. The number of hydrogen-bond donors (Lipinski definition) is 1. The van der Waals surface area contributed by atoms with E-state index in [-0.39, 0.29) is 5.41 Å². The van der Waals surface area contributed by atoms with Gasteiger partial charge in [-0.25, -0.2) is 0 Å². The monoisotopic (exact) mass is 140 g/mol. The smallest absolute Gasteiger partial charge is 0.0470 e. The largest absolute Gasteiger partial charge is 0.396 e. The van der Waals surface area contributed by atoms with Crippen LogP contribution in [0.2, 0.25) is 0 Å². The highest BCUT2D eigenvalue weighted by Crippen LogP contribution is 2.50. The average molecular weight is 140 g/mol. The van der Waals surface area contributed by atoms with E-state index in [4.69, 9.17) is 5.11 Å². The summed E-state index contributed by atoms with van der Waals surface area (Å²) in [4.78, 5) is 0. The number of hydrogen-bond acceptors (Lipinski definition) is 1. The molecule has 1 aliphatic rings. The van der Waals surface area contributed by atoms with Crippen molar-refractivity contribution in [2.45, 2.75) is 27.2 Å². The van der Waals surface area contributed by atoms with Crippen molar-refractivity contribution in [3.8, 4) is 0 Å². The maximum absolute atomic E-state index is 8.91. The van der Waals surface area contributed by atoms with Crippen LogP contribution in [-0.4, -0.2) is 11.7 Å². The van der Waals surface area contributed by atoms with Crippen LogP contribution in [0.3, 0.4) is 0 Å². The van der Waals surface area contributed by atoms with Crippen molar-refractivity contribution in [3.63, 3.8) is 0 Å². The Bertz CT molecular complexity index is 156. The van der Waals surface area contributed by atoms with Crippen molar-refractivity contribution >= 4 is 0 Å². The predicted octanol–water partition coefficient (Wildman–Crippen LogP) is 1.97. The molecule has 0 amide bonds. The van der Waals surface area contributed by atoms with Crippen LogP contribution in [0.1, 0.15) is 27.2 Å². The van der Waals surface area contributed by atoms with Gasteiger partial charge in [0.15, 0.2) is 0 Å². The highest BCUT2D eigenvalue weighted by Gasteiger charge is 2.41. The molecule has 1 fully saturated rings. The molecule has 10 heavy (non-hydrogen) atoms. The number of rotatable bonds is 1. The van der Waals surface area contributed by atoms with Crippen LogP contribution in [0.5, 0.6) is 0 Å². The average Bonchev–Trinajstić information content (AvgIpc) is 1.88. The van der Waals surface area contributed by atoms with Gasteiger partial charge in [0.1, 0.15) is 0 Å². The Kier molecular flexibility index (Phi) is 1.86. The zero-order valence-corrected chi connectivity index (χ0v) is 7.02. The van der Waals surface area contributed by atoms with Gasteiger partial charge >= 0.3 is 0 Å². The fraction of sp³-hybridized carbons (Fsp3) is 0.778. The standard InChI is InChI=1S/C9H16O/c1-4-7-5-8(6-10)9(7,2)3/h4,8,10H,5-6H2,1-3H3/b7-4+. The molecule has 0 aromatic heterocycles. The normalized spacial score (nSPS) is 34.0. The summed E-state index contributed by atoms with van der Waals surface area (Å²) < 4.78 is 0. The van der Waals surface area contributed by atoms with Crippen molar-refractivity contribution in [3.05, 3.63) is 11.6 Å². The highest BCUT2D eigenvalue weighted by molar-refractivity contribution is 5.23. The summed E-state index contributed by atoms with van der Waals surface area (Å²) in [7, 11) is 0. The SMILES string of the molecule is C/C=C1\CC(CO)C1(C)C. The molecule has 1 unspecified atom stereocenters. The lowest BCUT2D eigenvalue weighted by Crippen LogP contribution is -2.39. The van der Waals surface area contributed by atoms with Crippen LogP contribution in [0.25, 0.3) is 0 Å². The summed E-state index contributed by atoms with van der Waals surface area (Å²) in [5, 5.41) is 8.91. The molecule has 1 N–H and O–H groups in total. The molecule has 0 aromatic rings. The van der Waals surface area contributed by atoms with E-state index in [1.54, 1.807) is 0 Å². The first-order valence-electron chi connectivity index (χ1n) is 3.89. The molecular weight excluding hydrogens is 124 g/mol. The molecule has 1 heteroatoms. The molecule has 0 spiro atoms. The van der Waals surface area contributed by atoms with Crippen LogP contribution >= 0.6 is 0 Å². The molecule has 1 saturated carbocycles. The lowest BCUT2D eigenvalue weighted by Gasteiger charge is -2.46. The van der Waals surface area contributed by atoms with E-state index in [2.05, 4.69) is 26.8 Å². The Balaban J connectivity index is 2.64. The lowest BCUT2D eigenvalue weighted by atomic mass is 9.59. The van der Waals surface area contributed by atoms with Gasteiger partial charge in [-0.1, -0.05) is 25.5 Å². The predicted molar refractivity (Wildman–Crippen MR) is 42.7 cm³/mol. The van der Waals surface area contributed by atoms with Crippen molar-refractivity contribution in [2.24, 2.45) is 11.3 Å². The van der Waals surface area contributed by atoms with Crippen molar-refractivity contribution < 1.29 is 5.11 Å². The second-order valence-electron chi connectivity index (χ2n) is 3.62. The van der Waals surface area contributed by atoms with Crippen LogP contribution in [0.15, 0.2) is 11.6 Å². The second kappa shape index (κ2) is 2.39. The van der Waals surface area contributed by atoms with Gasteiger partial charge in [-0.3, -0.25) is 0 Å². The van der Waals surface area contributed by atoms with E-state index in [0.29, 0.717) is 12.5 Å². The van der Waals surface area contributed by atoms with E-state index in [0.717, 1.165) is 6.42 Å².